The maximum Gasteiger partial charge on any atom is 0.124 e. The number of rotatable bonds is 3. The van der Waals surface area contributed by atoms with Gasteiger partial charge in [0.25, 0.3) is 0 Å². The number of nitrogen functional groups attached to an aromatic ring is 1. The fourth-order valence-corrected chi connectivity index (χ4v) is 2.82. The number of aliphatic hydroxyl groups is 1. The number of aliphatic hydroxyl groups excluding tert-OH is 1. The van der Waals surface area contributed by atoms with Crippen molar-refractivity contribution in [2.45, 2.75) is 19.4 Å². The van der Waals surface area contributed by atoms with Crippen molar-refractivity contribution in [1.29, 1.82) is 0 Å². The Morgan fingerprint density at radius 2 is 2.15 bits per heavy atom. The van der Waals surface area contributed by atoms with Crippen LogP contribution in [0.25, 0.3) is 22.2 Å². The van der Waals surface area contributed by atoms with Crippen LogP contribution in [0.1, 0.15) is 25.0 Å². The predicted molar refractivity (Wildman–Crippen MR) is 82.5 cm³/mol. The van der Waals surface area contributed by atoms with Crippen LogP contribution in [-0.4, -0.2) is 14.5 Å². The Hall–Kier alpha value is -1.98. The van der Waals surface area contributed by atoms with Crippen LogP contribution >= 0.6 is 11.5 Å². The molecule has 1 aromatic carbocycles. The fourth-order valence-electron chi connectivity index (χ4n) is 2.29. The molecule has 4 nitrogen and oxygen atoms in total. The number of nitrogens with two attached hydrogens (primary N) is 1. The quantitative estimate of drug-likeness (QED) is 0.773. The first kappa shape index (κ1) is 13.0. The predicted octanol–water partition coefficient (Wildman–Crippen LogP) is 3.38. The van der Waals surface area contributed by atoms with E-state index in [1.807, 2.05) is 36.6 Å². The van der Waals surface area contributed by atoms with E-state index >= 15 is 0 Å². The molecule has 0 saturated heterocycles. The summed E-state index contributed by atoms with van der Waals surface area (Å²) in [6.45, 7) is 1.94. The average Bonchev–Trinajstić information content (AvgIpc) is 2.99. The molecule has 0 aliphatic heterocycles. The molecule has 102 valence electrons. The maximum atomic E-state index is 10.1. The third-order valence-corrected chi connectivity index (χ3v) is 3.90. The van der Waals surface area contributed by atoms with Gasteiger partial charge in [0, 0.05) is 16.3 Å². The van der Waals surface area contributed by atoms with Crippen LogP contribution in [0.3, 0.4) is 0 Å². The van der Waals surface area contributed by atoms with Gasteiger partial charge in [-0.05, 0) is 41.7 Å². The maximum absolute atomic E-state index is 10.1. The van der Waals surface area contributed by atoms with E-state index in [4.69, 9.17) is 5.73 Å². The first-order chi connectivity index (χ1) is 9.69. The van der Waals surface area contributed by atoms with Gasteiger partial charge in [0.1, 0.15) is 5.82 Å². The molecule has 0 bridgehead atoms. The molecule has 1 unspecified atom stereocenters. The van der Waals surface area contributed by atoms with Gasteiger partial charge in [-0.3, -0.25) is 0 Å². The van der Waals surface area contributed by atoms with Crippen LogP contribution in [0.5, 0.6) is 0 Å². The van der Waals surface area contributed by atoms with Crippen molar-refractivity contribution in [3.05, 3.63) is 41.3 Å². The zero-order valence-corrected chi connectivity index (χ0v) is 11.9. The minimum absolute atomic E-state index is 0.426. The van der Waals surface area contributed by atoms with Gasteiger partial charge in [-0.1, -0.05) is 19.1 Å². The van der Waals surface area contributed by atoms with Gasteiger partial charge < -0.3 is 10.8 Å². The topological polar surface area (TPSA) is 72.0 Å². The molecule has 2 heterocycles. The van der Waals surface area contributed by atoms with Crippen molar-refractivity contribution in [1.82, 2.24) is 9.36 Å². The molecule has 3 N–H and O–H groups in total. The molecule has 0 aliphatic carbocycles. The van der Waals surface area contributed by atoms with E-state index in [0.717, 1.165) is 27.7 Å². The normalized spacial score (nSPS) is 12.7. The molecule has 20 heavy (non-hydrogen) atoms. The van der Waals surface area contributed by atoms with Crippen molar-refractivity contribution < 1.29 is 5.11 Å². The lowest BCUT2D eigenvalue weighted by Crippen LogP contribution is -2.01. The molecule has 0 fully saturated rings. The minimum atomic E-state index is -0.520. The Balaban J connectivity index is 2.20. The molecular formula is C15H15N3OS. The third kappa shape index (κ3) is 2.26. The average molecular weight is 285 g/mol. The zero-order chi connectivity index (χ0) is 14.1. The van der Waals surface area contributed by atoms with Crippen molar-refractivity contribution in [3.63, 3.8) is 0 Å². The Morgan fingerprint density at radius 3 is 2.85 bits per heavy atom. The number of fused-ring (bicyclic) bond motifs is 1. The van der Waals surface area contributed by atoms with Gasteiger partial charge in [0.15, 0.2) is 0 Å². The number of nitrogens with zero attached hydrogens (tertiary/aromatic N) is 2. The lowest BCUT2D eigenvalue weighted by atomic mass is 10.00. The summed E-state index contributed by atoms with van der Waals surface area (Å²) in [6, 6.07) is 9.66. The Bertz CT molecular complexity index is 740. The summed E-state index contributed by atoms with van der Waals surface area (Å²) in [5.41, 5.74) is 9.41. The van der Waals surface area contributed by atoms with Crippen LogP contribution < -0.4 is 5.73 Å². The van der Waals surface area contributed by atoms with Gasteiger partial charge in [-0.2, -0.15) is 4.37 Å². The molecule has 0 radical (unpaired) electrons. The molecule has 5 heteroatoms. The van der Waals surface area contributed by atoms with E-state index in [1.165, 1.54) is 11.5 Å². The number of hydrogen-bond acceptors (Lipinski definition) is 5. The van der Waals surface area contributed by atoms with E-state index in [0.29, 0.717) is 12.2 Å². The Morgan fingerprint density at radius 1 is 1.30 bits per heavy atom. The molecular weight excluding hydrogens is 270 g/mol. The van der Waals surface area contributed by atoms with Crippen LogP contribution in [0.4, 0.5) is 5.82 Å². The monoisotopic (exact) mass is 285 g/mol. The van der Waals surface area contributed by atoms with Gasteiger partial charge in [-0.15, -0.1) is 0 Å². The second-order valence-electron chi connectivity index (χ2n) is 4.68. The number of aromatic nitrogens is 2. The summed E-state index contributed by atoms with van der Waals surface area (Å²) >= 11 is 1.42. The van der Waals surface area contributed by atoms with Crippen molar-refractivity contribution in [2.24, 2.45) is 0 Å². The highest BCUT2D eigenvalue weighted by Crippen LogP contribution is 2.30. The van der Waals surface area contributed by atoms with E-state index in [2.05, 4.69) is 9.36 Å². The molecule has 0 spiro atoms. The largest absolute Gasteiger partial charge is 0.388 e. The van der Waals surface area contributed by atoms with E-state index in [-0.39, 0.29) is 0 Å². The summed E-state index contributed by atoms with van der Waals surface area (Å²) in [5, 5.41) is 13.0. The Labute approximate surface area is 121 Å². The highest BCUT2D eigenvalue weighted by atomic mass is 32.1. The minimum Gasteiger partial charge on any atom is -0.388 e. The molecule has 3 aromatic rings. The van der Waals surface area contributed by atoms with Crippen LogP contribution in [0.15, 0.2) is 35.7 Å². The van der Waals surface area contributed by atoms with E-state index in [9.17, 15) is 5.11 Å². The Kier molecular flexibility index (Phi) is 3.38. The van der Waals surface area contributed by atoms with Crippen LogP contribution in [-0.2, 0) is 0 Å². The summed E-state index contributed by atoms with van der Waals surface area (Å²) in [4.78, 5) is 4.37. The summed E-state index contributed by atoms with van der Waals surface area (Å²) in [7, 11) is 0. The van der Waals surface area contributed by atoms with Gasteiger partial charge in [0.2, 0.25) is 0 Å². The molecule has 3 rings (SSSR count). The third-order valence-electron chi connectivity index (χ3n) is 3.34. The lowest BCUT2D eigenvalue weighted by Gasteiger charge is -2.13. The number of anilines is 1. The van der Waals surface area contributed by atoms with E-state index in [1.54, 1.807) is 6.07 Å². The van der Waals surface area contributed by atoms with E-state index < -0.39 is 6.10 Å². The summed E-state index contributed by atoms with van der Waals surface area (Å²) in [5.74, 6) is 0.426. The summed E-state index contributed by atoms with van der Waals surface area (Å²) in [6.07, 6.45) is 0.125. The second-order valence-corrected chi connectivity index (χ2v) is 5.34. The molecule has 0 saturated carbocycles. The SMILES string of the molecule is CCC(O)c1cc(N)nc2cc(-c3ccsn3)ccc12. The lowest BCUT2D eigenvalue weighted by molar-refractivity contribution is 0.175. The van der Waals surface area contributed by atoms with Gasteiger partial charge in [-0.25, -0.2) is 4.98 Å². The van der Waals surface area contributed by atoms with Crippen molar-refractivity contribution in [2.75, 3.05) is 5.73 Å². The molecule has 0 aliphatic rings. The van der Waals surface area contributed by atoms with Crippen LogP contribution in [0.2, 0.25) is 0 Å². The zero-order valence-electron chi connectivity index (χ0n) is 11.1. The molecule has 2 aromatic heterocycles. The first-order valence-electron chi connectivity index (χ1n) is 6.48. The van der Waals surface area contributed by atoms with Gasteiger partial charge in [0.05, 0.1) is 17.3 Å². The molecule has 1 atom stereocenters. The number of hydrogen-bond donors (Lipinski definition) is 2. The van der Waals surface area contributed by atoms with Gasteiger partial charge >= 0.3 is 0 Å². The highest BCUT2D eigenvalue weighted by Gasteiger charge is 2.12. The second kappa shape index (κ2) is 5.19. The number of pyridine rings is 1. The first-order valence-corrected chi connectivity index (χ1v) is 7.31. The highest BCUT2D eigenvalue weighted by molar-refractivity contribution is 7.03. The smallest absolute Gasteiger partial charge is 0.124 e. The number of benzene rings is 1. The summed E-state index contributed by atoms with van der Waals surface area (Å²) < 4.78 is 4.32. The fraction of sp³-hybridized carbons (Fsp3) is 0.200. The van der Waals surface area contributed by atoms with Crippen molar-refractivity contribution in [3.8, 4) is 11.3 Å². The van der Waals surface area contributed by atoms with Crippen LogP contribution in [0, 0.1) is 0 Å². The molecule has 0 amide bonds. The van der Waals surface area contributed by atoms with Crippen molar-refractivity contribution >= 4 is 28.3 Å². The standard InChI is InChI=1S/C15H15N3OS/c1-2-14(19)11-8-15(16)17-13-7-9(3-4-10(11)13)12-5-6-20-18-12/h3-8,14,19H,2H2,1H3,(H2,16,17).